The minimum Gasteiger partial charge on any atom is -0.469 e. The number of nitrogens with one attached hydrogen (secondary N) is 1. The van der Waals surface area contributed by atoms with Crippen molar-refractivity contribution < 1.29 is 19.1 Å². The Labute approximate surface area is 242 Å². The van der Waals surface area contributed by atoms with Crippen molar-refractivity contribution in [2.75, 3.05) is 7.11 Å². The van der Waals surface area contributed by atoms with Crippen LogP contribution in [0.5, 0.6) is 0 Å². The molecular formula is C34H36N2O4P+. The second kappa shape index (κ2) is 12.5. The van der Waals surface area contributed by atoms with Crippen molar-refractivity contribution in [2.24, 2.45) is 0 Å². The number of ether oxygens (including phenoxy) is 2. The van der Waals surface area contributed by atoms with Gasteiger partial charge in [-0.2, -0.15) is 5.26 Å². The van der Waals surface area contributed by atoms with Gasteiger partial charge in [-0.25, -0.2) is 4.79 Å². The minimum atomic E-state index is -2.67. The second-order valence-corrected chi connectivity index (χ2v) is 14.4. The summed E-state index contributed by atoms with van der Waals surface area (Å²) < 4.78 is 10.6. The lowest BCUT2D eigenvalue weighted by molar-refractivity contribution is -0.140. The number of aromatic nitrogens is 1. The number of hydrogen-bond donors (Lipinski definition) is 1. The summed E-state index contributed by atoms with van der Waals surface area (Å²) in [5.41, 5.74) is 0.963. The van der Waals surface area contributed by atoms with Crippen molar-refractivity contribution in [1.29, 1.82) is 5.26 Å². The highest BCUT2D eigenvalue weighted by molar-refractivity contribution is 7.96. The first-order valence-corrected chi connectivity index (χ1v) is 15.5. The van der Waals surface area contributed by atoms with Crippen LogP contribution in [0.15, 0.2) is 91.0 Å². The number of methoxy groups -OCH3 is 1. The number of esters is 2. The first-order valence-electron chi connectivity index (χ1n) is 13.6. The Morgan fingerprint density at radius 2 is 1.34 bits per heavy atom. The molecule has 3 aromatic carbocycles. The maximum Gasteiger partial charge on any atom is 0.355 e. The summed E-state index contributed by atoms with van der Waals surface area (Å²) in [7, 11) is -1.33. The van der Waals surface area contributed by atoms with E-state index >= 15 is 0 Å². The summed E-state index contributed by atoms with van der Waals surface area (Å²) in [4.78, 5) is 29.0. The Hall–Kier alpha value is -4.20. The number of H-pyrrole nitrogens is 1. The third-order valence-electron chi connectivity index (χ3n) is 7.10. The van der Waals surface area contributed by atoms with Gasteiger partial charge >= 0.3 is 11.9 Å². The number of benzene rings is 3. The number of aromatic amines is 1. The van der Waals surface area contributed by atoms with Crippen LogP contribution in [0.2, 0.25) is 0 Å². The van der Waals surface area contributed by atoms with E-state index < -0.39 is 24.5 Å². The van der Waals surface area contributed by atoms with Crippen LogP contribution in [0.3, 0.4) is 0 Å². The SMILES string of the molecule is COC(=O)CCc1c(C(=O)OC(C)(C)C)[nH]c(C(C#N)[P+](c2ccccc2)(c2ccccc2)c2ccccc2)c1C. The van der Waals surface area contributed by atoms with Gasteiger partial charge in [-0.05, 0) is 81.6 Å². The van der Waals surface area contributed by atoms with Gasteiger partial charge in [0.1, 0.15) is 40.5 Å². The lowest BCUT2D eigenvalue weighted by atomic mass is 10.0. The maximum absolute atomic E-state index is 13.5. The molecule has 0 saturated heterocycles. The number of nitriles is 1. The lowest BCUT2D eigenvalue weighted by Gasteiger charge is -2.31. The van der Waals surface area contributed by atoms with Gasteiger partial charge in [0.25, 0.3) is 0 Å². The highest BCUT2D eigenvalue weighted by Crippen LogP contribution is 2.66. The van der Waals surface area contributed by atoms with Gasteiger partial charge in [-0.3, -0.25) is 4.79 Å². The minimum absolute atomic E-state index is 0.0952. The van der Waals surface area contributed by atoms with Crippen molar-refractivity contribution in [1.82, 2.24) is 4.98 Å². The molecule has 41 heavy (non-hydrogen) atoms. The van der Waals surface area contributed by atoms with E-state index in [0.717, 1.165) is 21.5 Å². The fraction of sp³-hybridized carbons (Fsp3) is 0.265. The number of carbonyl (C=O) groups is 2. The van der Waals surface area contributed by atoms with E-state index in [9.17, 15) is 14.9 Å². The fourth-order valence-corrected chi connectivity index (χ4v) is 9.84. The average Bonchev–Trinajstić information content (AvgIpc) is 3.30. The summed E-state index contributed by atoms with van der Waals surface area (Å²) in [5.74, 6) is -0.898. The zero-order chi connectivity index (χ0) is 29.6. The van der Waals surface area contributed by atoms with Crippen LogP contribution < -0.4 is 15.9 Å². The van der Waals surface area contributed by atoms with E-state index in [4.69, 9.17) is 9.47 Å². The van der Waals surface area contributed by atoms with E-state index in [1.807, 2.05) is 82.3 Å². The van der Waals surface area contributed by atoms with Gasteiger partial charge in [-0.1, -0.05) is 54.6 Å². The molecule has 1 heterocycles. The predicted octanol–water partition coefficient (Wildman–Crippen LogP) is 5.94. The fourth-order valence-electron chi connectivity index (χ4n) is 5.30. The molecule has 4 aromatic rings. The molecular weight excluding hydrogens is 531 g/mol. The Bertz CT molecular complexity index is 1440. The summed E-state index contributed by atoms with van der Waals surface area (Å²) >= 11 is 0. The maximum atomic E-state index is 13.5. The molecule has 1 aromatic heterocycles. The van der Waals surface area contributed by atoms with E-state index in [1.165, 1.54) is 7.11 Å². The monoisotopic (exact) mass is 567 g/mol. The molecule has 1 N–H and O–H groups in total. The van der Waals surface area contributed by atoms with Crippen LogP contribution in [-0.4, -0.2) is 29.6 Å². The van der Waals surface area contributed by atoms with Gasteiger partial charge in [0.15, 0.2) is 0 Å². The first-order chi connectivity index (χ1) is 19.6. The van der Waals surface area contributed by atoms with Crippen LogP contribution in [-0.2, 0) is 20.7 Å². The first kappa shape index (κ1) is 29.8. The zero-order valence-electron chi connectivity index (χ0n) is 24.2. The van der Waals surface area contributed by atoms with E-state index in [-0.39, 0.29) is 24.5 Å². The zero-order valence-corrected chi connectivity index (χ0v) is 25.1. The topological polar surface area (TPSA) is 92.2 Å². The van der Waals surface area contributed by atoms with Crippen LogP contribution in [0, 0.1) is 18.3 Å². The third-order valence-corrected chi connectivity index (χ3v) is 11.6. The molecule has 0 radical (unpaired) electrons. The molecule has 1 unspecified atom stereocenters. The van der Waals surface area contributed by atoms with Crippen molar-refractivity contribution in [3.8, 4) is 6.07 Å². The molecule has 0 aliphatic carbocycles. The molecule has 7 heteroatoms. The smallest absolute Gasteiger partial charge is 0.355 e. The Kier molecular flexibility index (Phi) is 9.11. The summed E-state index contributed by atoms with van der Waals surface area (Å²) in [5, 5.41) is 14.2. The molecule has 0 amide bonds. The Morgan fingerprint density at radius 3 is 1.73 bits per heavy atom. The van der Waals surface area contributed by atoms with Crippen LogP contribution in [0.4, 0.5) is 0 Å². The molecule has 6 nitrogen and oxygen atoms in total. The number of nitrogens with zero attached hydrogens (tertiary/aromatic N) is 1. The molecule has 4 rings (SSSR count). The highest BCUT2D eigenvalue weighted by atomic mass is 31.2. The molecule has 0 fully saturated rings. The van der Waals surface area contributed by atoms with E-state index in [0.29, 0.717) is 11.3 Å². The summed E-state index contributed by atoms with van der Waals surface area (Å²) in [6, 6.07) is 33.1. The van der Waals surface area contributed by atoms with Crippen molar-refractivity contribution in [3.05, 3.63) is 114 Å². The van der Waals surface area contributed by atoms with Crippen LogP contribution >= 0.6 is 7.26 Å². The standard InChI is InChI=1S/C34H35N2O4P/c1-24-28(21-22-30(37)39-5)32(33(38)40-34(2,3)4)36-31(24)29(23-35)41(25-15-9-6-10-16-25,26-17-11-7-12-18-26)27-19-13-8-14-20-27/h6-20,29H,21-22H2,1-5H3/p+1. The Morgan fingerprint density at radius 1 is 0.878 bits per heavy atom. The van der Waals surface area contributed by atoms with Crippen LogP contribution in [0.25, 0.3) is 0 Å². The van der Waals surface area contributed by atoms with E-state index in [1.54, 1.807) is 0 Å². The van der Waals surface area contributed by atoms with E-state index in [2.05, 4.69) is 47.5 Å². The second-order valence-electron chi connectivity index (χ2n) is 10.9. The molecule has 0 aliphatic heterocycles. The molecule has 0 spiro atoms. The third kappa shape index (κ3) is 6.11. The van der Waals surface area contributed by atoms with Gasteiger partial charge in [0.2, 0.25) is 5.66 Å². The molecule has 0 saturated carbocycles. The van der Waals surface area contributed by atoms with Crippen LogP contribution in [0.1, 0.15) is 60.2 Å². The van der Waals surface area contributed by atoms with Crippen molar-refractivity contribution in [3.63, 3.8) is 0 Å². The Balaban J connectivity index is 2.04. The van der Waals surface area contributed by atoms with Gasteiger partial charge in [-0.15, -0.1) is 0 Å². The van der Waals surface area contributed by atoms with Gasteiger partial charge in [0, 0.05) is 6.42 Å². The molecule has 0 bridgehead atoms. The highest BCUT2D eigenvalue weighted by Gasteiger charge is 2.55. The van der Waals surface area contributed by atoms with Gasteiger partial charge in [0.05, 0.1) is 12.8 Å². The van der Waals surface area contributed by atoms with Crippen molar-refractivity contribution >= 4 is 35.1 Å². The lowest BCUT2D eigenvalue weighted by Crippen LogP contribution is -2.35. The largest absolute Gasteiger partial charge is 0.469 e. The number of carbonyl (C=O) groups excluding carboxylic acids is 2. The average molecular weight is 568 g/mol. The molecule has 0 aliphatic rings. The quantitative estimate of drug-likeness (QED) is 0.200. The summed E-state index contributed by atoms with van der Waals surface area (Å²) in [6.07, 6.45) is 0.368. The molecule has 210 valence electrons. The number of rotatable bonds is 9. The number of hydrogen-bond acceptors (Lipinski definition) is 5. The van der Waals surface area contributed by atoms with Crippen molar-refractivity contribution in [2.45, 2.75) is 51.8 Å². The molecule has 1 atom stereocenters. The normalized spacial score (nSPS) is 12.3. The van der Waals surface area contributed by atoms with Gasteiger partial charge < -0.3 is 14.5 Å². The summed E-state index contributed by atoms with van der Waals surface area (Å²) in [6.45, 7) is 7.34. The predicted molar refractivity (Wildman–Crippen MR) is 165 cm³/mol.